The van der Waals surface area contributed by atoms with Gasteiger partial charge in [0.2, 0.25) is 0 Å². The number of likely N-dealkylation sites (tertiary alicyclic amines) is 1. The monoisotopic (exact) mass is 457 g/mol. The zero-order valence-corrected chi connectivity index (χ0v) is 18.6. The lowest BCUT2D eigenvalue weighted by Gasteiger charge is -2.28. The van der Waals surface area contributed by atoms with E-state index in [1.807, 2.05) is 0 Å². The van der Waals surface area contributed by atoms with Gasteiger partial charge in [0.25, 0.3) is 11.7 Å². The van der Waals surface area contributed by atoms with Gasteiger partial charge >= 0.3 is 0 Å². The molecule has 32 heavy (non-hydrogen) atoms. The normalized spacial score (nSPS) is 22.4. The molecule has 1 N–H and O–H groups in total. The molecule has 2 aliphatic rings. The first-order valence-corrected chi connectivity index (χ1v) is 10.7. The van der Waals surface area contributed by atoms with Crippen molar-refractivity contribution in [3.8, 4) is 11.5 Å². The Bertz CT molecular complexity index is 1080. The highest BCUT2D eigenvalue weighted by atomic mass is 35.5. The molecule has 2 aromatic rings. The lowest BCUT2D eigenvalue weighted by Crippen LogP contribution is -2.36. The maximum atomic E-state index is 13.2. The molecule has 2 aromatic carbocycles. The van der Waals surface area contributed by atoms with Crippen molar-refractivity contribution in [1.29, 1.82) is 0 Å². The molecule has 0 bridgehead atoms. The fourth-order valence-electron chi connectivity index (χ4n) is 4.25. The second-order valence-electron chi connectivity index (χ2n) is 7.67. The summed E-state index contributed by atoms with van der Waals surface area (Å²) in [6, 6.07) is 11.0. The summed E-state index contributed by atoms with van der Waals surface area (Å²) in [7, 11) is 3.01. The molecule has 0 aliphatic carbocycles. The Hall–Kier alpha value is -3.03. The van der Waals surface area contributed by atoms with Crippen LogP contribution >= 0.6 is 11.6 Å². The smallest absolute Gasteiger partial charge is 0.295 e. The number of rotatable bonds is 6. The number of amides is 1. The van der Waals surface area contributed by atoms with E-state index in [4.69, 9.17) is 25.8 Å². The predicted molar refractivity (Wildman–Crippen MR) is 119 cm³/mol. The molecule has 2 saturated heterocycles. The molecule has 2 aliphatic heterocycles. The van der Waals surface area contributed by atoms with Gasteiger partial charge in [0, 0.05) is 24.3 Å². The van der Waals surface area contributed by atoms with Crippen LogP contribution in [0.2, 0.25) is 5.02 Å². The summed E-state index contributed by atoms with van der Waals surface area (Å²) in [6.45, 7) is 0.850. The first kappa shape index (κ1) is 22.2. The summed E-state index contributed by atoms with van der Waals surface area (Å²) in [5.74, 6) is -0.886. The summed E-state index contributed by atoms with van der Waals surface area (Å²) in [5.41, 5.74) is 0.751. The molecule has 7 nitrogen and oxygen atoms in total. The first-order chi connectivity index (χ1) is 15.5. The van der Waals surface area contributed by atoms with Gasteiger partial charge in [-0.1, -0.05) is 29.8 Å². The van der Waals surface area contributed by atoms with Crippen LogP contribution in [0.1, 0.15) is 30.0 Å². The number of aliphatic hydroxyl groups is 1. The highest BCUT2D eigenvalue weighted by Gasteiger charge is 2.48. The van der Waals surface area contributed by atoms with Crippen molar-refractivity contribution in [2.45, 2.75) is 25.0 Å². The van der Waals surface area contributed by atoms with Gasteiger partial charge in [0.05, 0.1) is 37.0 Å². The fraction of sp³-hybridized carbons (Fsp3) is 0.333. The van der Waals surface area contributed by atoms with Crippen LogP contribution in [0.5, 0.6) is 11.5 Å². The molecule has 2 heterocycles. The van der Waals surface area contributed by atoms with Gasteiger partial charge < -0.3 is 24.2 Å². The minimum Gasteiger partial charge on any atom is -0.507 e. The average Bonchev–Trinajstić information content (AvgIpc) is 3.41. The Labute approximate surface area is 191 Å². The van der Waals surface area contributed by atoms with Crippen molar-refractivity contribution < 1.29 is 28.9 Å². The van der Waals surface area contributed by atoms with E-state index in [1.165, 1.54) is 25.2 Å². The van der Waals surface area contributed by atoms with Crippen LogP contribution < -0.4 is 9.47 Å². The molecule has 0 saturated carbocycles. The molecule has 0 radical (unpaired) electrons. The molecule has 168 valence electrons. The number of carbonyl (C=O) groups excluding carboxylic acids is 2. The van der Waals surface area contributed by atoms with E-state index < -0.39 is 17.7 Å². The van der Waals surface area contributed by atoms with Crippen molar-refractivity contribution in [2.24, 2.45) is 0 Å². The fourth-order valence-corrected chi connectivity index (χ4v) is 4.46. The third kappa shape index (κ3) is 3.94. The molecular weight excluding hydrogens is 434 g/mol. The number of hydrogen-bond acceptors (Lipinski definition) is 6. The van der Waals surface area contributed by atoms with Gasteiger partial charge in [-0.3, -0.25) is 9.59 Å². The highest BCUT2D eigenvalue weighted by Crippen LogP contribution is 2.44. The Morgan fingerprint density at radius 2 is 1.97 bits per heavy atom. The minimum atomic E-state index is -0.849. The zero-order chi connectivity index (χ0) is 22.8. The molecule has 2 unspecified atom stereocenters. The second kappa shape index (κ2) is 9.22. The Balaban J connectivity index is 1.90. The van der Waals surface area contributed by atoms with Crippen molar-refractivity contribution in [3.63, 3.8) is 0 Å². The van der Waals surface area contributed by atoms with Gasteiger partial charge in [-0.25, -0.2) is 0 Å². The van der Waals surface area contributed by atoms with E-state index in [9.17, 15) is 14.7 Å². The molecule has 2 atom stereocenters. The third-order valence-corrected chi connectivity index (χ3v) is 6.16. The van der Waals surface area contributed by atoms with Crippen LogP contribution in [0.4, 0.5) is 0 Å². The number of methoxy groups -OCH3 is 2. The number of aliphatic hydroxyl groups excluding tert-OH is 1. The lowest BCUT2D eigenvalue weighted by atomic mass is 9.94. The van der Waals surface area contributed by atoms with Crippen LogP contribution in [-0.4, -0.2) is 55.2 Å². The van der Waals surface area contributed by atoms with E-state index in [0.29, 0.717) is 23.7 Å². The number of benzene rings is 2. The average molecular weight is 458 g/mol. The van der Waals surface area contributed by atoms with Crippen molar-refractivity contribution in [2.75, 3.05) is 27.4 Å². The Morgan fingerprint density at radius 3 is 2.66 bits per heavy atom. The molecule has 0 aromatic heterocycles. The second-order valence-corrected chi connectivity index (χ2v) is 8.08. The van der Waals surface area contributed by atoms with E-state index in [0.717, 1.165) is 12.8 Å². The minimum absolute atomic E-state index is 0.0485. The molecule has 1 amide bonds. The molecule has 2 fully saturated rings. The zero-order valence-electron chi connectivity index (χ0n) is 17.8. The maximum Gasteiger partial charge on any atom is 0.295 e. The standard InChI is InChI=1S/C24H24ClNO6/c1-30-14-9-10-18(25)17(12-14)22(27)20-21(16-7-3-4-8-19(16)31-2)26(24(29)23(20)28)13-15-6-5-11-32-15/h3-4,7-10,12,15,21,27H,5-6,11,13H2,1-2H3/b22-20+. The van der Waals surface area contributed by atoms with Gasteiger partial charge in [0.1, 0.15) is 17.3 Å². The number of ether oxygens (including phenoxy) is 3. The van der Waals surface area contributed by atoms with Crippen LogP contribution in [0.25, 0.3) is 5.76 Å². The van der Waals surface area contributed by atoms with Gasteiger partial charge in [-0.15, -0.1) is 0 Å². The largest absolute Gasteiger partial charge is 0.507 e. The Morgan fingerprint density at radius 1 is 1.19 bits per heavy atom. The SMILES string of the molecule is COc1ccc(Cl)c(/C(O)=C2\C(=O)C(=O)N(CC3CCCO3)C2c2ccccc2OC)c1. The quantitative estimate of drug-likeness (QED) is 0.401. The lowest BCUT2D eigenvalue weighted by molar-refractivity contribution is -0.140. The molecular formula is C24H24ClNO6. The molecule has 0 spiro atoms. The number of hydrogen-bond donors (Lipinski definition) is 1. The summed E-state index contributed by atoms with van der Waals surface area (Å²) < 4.78 is 16.5. The topological polar surface area (TPSA) is 85.3 Å². The van der Waals surface area contributed by atoms with Crippen LogP contribution in [0.15, 0.2) is 48.0 Å². The first-order valence-electron chi connectivity index (χ1n) is 10.3. The molecule has 4 rings (SSSR count). The van der Waals surface area contributed by atoms with Crippen LogP contribution in [0, 0.1) is 0 Å². The van der Waals surface area contributed by atoms with Crippen molar-refractivity contribution >= 4 is 29.1 Å². The number of nitrogens with zero attached hydrogens (tertiary/aromatic N) is 1. The number of Topliss-reactive ketones (excluding diaryl/α,β-unsaturated/α-hetero) is 1. The summed E-state index contributed by atoms with van der Waals surface area (Å²) >= 11 is 6.33. The van der Waals surface area contributed by atoms with Gasteiger partial charge in [-0.05, 0) is 37.1 Å². The highest BCUT2D eigenvalue weighted by molar-refractivity contribution is 6.47. The Kier molecular flexibility index (Phi) is 6.39. The van der Waals surface area contributed by atoms with Crippen LogP contribution in [0.3, 0.4) is 0 Å². The van der Waals surface area contributed by atoms with E-state index in [2.05, 4.69) is 0 Å². The summed E-state index contributed by atoms with van der Waals surface area (Å²) in [4.78, 5) is 27.8. The summed E-state index contributed by atoms with van der Waals surface area (Å²) in [5, 5.41) is 11.5. The van der Waals surface area contributed by atoms with Crippen molar-refractivity contribution in [3.05, 3.63) is 64.2 Å². The van der Waals surface area contributed by atoms with Gasteiger partial charge in [0.15, 0.2) is 0 Å². The van der Waals surface area contributed by atoms with Gasteiger partial charge in [-0.2, -0.15) is 0 Å². The number of ketones is 1. The predicted octanol–water partition coefficient (Wildman–Crippen LogP) is 3.96. The number of halogens is 1. The maximum absolute atomic E-state index is 13.2. The summed E-state index contributed by atoms with van der Waals surface area (Å²) in [6.07, 6.45) is 1.52. The van der Waals surface area contributed by atoms with Crippen LogP contribution in [-0.2, 0) is 14.3 Å². The molecule has 8 heteroatoms. The third-order valence-electron chi connectivity index (χ3n) is 5.83. The van der Waals surface area contributed by atoms with E-state index >= 15 is 0 Å². The van der Waals surface area contributed by atoms with E-state index in [-0.39, 0.29) is 34.6 Å². The number of carbonyl (C=O) groups is 2. The van der Waals surface area contributed by atoms with E-state index in [1.54, 1.807) is 36.4 Å². The van der Waals surface area contributed by atoms with Crippen molar-refractivity contribution in [1.82, 2.24) is 4.90 Å². The number of para-hydroxylation sites is 1.